The zero-order valence-electron chi connectivity index (χ0n) is 25.3. The highest BCUT2D eigenvalue weighted by Gasteiger charge is 2.24. The number of hydrogen-bond acceptors (Lipinski definition) is 7. The van der Waals surface area contributed by atoms with E-state index in [1.54, 1.807) is 0 Å². The number of hydroxylamine groups is 2. The largest absolute Gasteiger partial charge is 0.382 e. The molecule has 0 spiro atoms. The van der Waals surface area contributed by atoms with Crippen LogP contribution in [0.15, 0.2) is 24.3 Å². The van der Waals surface area contributed by atoms with Crippen molar-refractivity contribution in [1.29, 1.82) is 0 Å². The fraction of sp³-hybridized carbons (Fsp3) is 0.697. The predicted octanol–water partition coefficient (Wildman–Crippen LogP) is 6.03. The number of piperidine rings is 1. The molecule has 1 saturated heterocycles. The van der Waals surface area contributed by atoms with Crippen molar-refractivity contribution in [2.75, 3.05) is 38.6 Å². The summed E-state index contributed by atoms with van der Waals surface area (Å²) in [7, 11) is 0. The van der Waals surface area contributed by atoms with Crippen molar-refractivity contribution in [2.45, 2.75) is 96.9 Å². The topological polar surface area (TPSA) is 107 Å². The molecule has 2 unspecified atom stereocenters. The van der Waals surface area contributed by atoms with Crippen molar-refractivity contribution in [3.63, 3.8) is 0 Å². The Balaban J connectivity index is 1.13. The zero-order chi connectivity index (χ0) is 28.4. The molecule has 5 rings (SSSR count). The van der Waals surface area contributed by atoms with Gasteiger partial charge >= 0.3 is 0 Å². The summed E-state index contributed by atoms with van der Waals surface area (Å²) >= 11 is 0. The molecule has 41 heavy (non-hydrogen) atoms. The number of nitrogens with two attached hydrogens (primary N) is 2. The van der Waals surface area contributed by atoms with Crippen LogP contribution in [0.2, 0.25) is 0 Å². The van der Waals surface area contributed by atoms with Crippen LogP contribution in [0.3, 0.4) is 0 Å². The molecule has 2 atom stereocenters. The van der Waals surface area contributed by atoms with E-state index in [0.29, 0.717) is 24.4 Å². The molecule has 8 heteroatoms. The third-order valence-electron chi connectivity index (χ3n) is 9.53. The molecule has 0 bridgehead atoms. The molecule has 3 aromatic rings. The Morgan fingerprint density at radius 1 is 0.927 bits per heavy atom. The quantitative estimate of drug-likeness (QED) is 0.193. The number of rotatable bonds is 11. The van der Waals surface area contributed by atoms with Crippen molar-refractivity contribution in [1.82, 2.24) is 24.9 Å². The van der Waals surface area contributed by atoms with Crippen molar-refractivity contribution < 1.29 is 4.84 Å². The van der Waals surface area contributed by atoms with Crippen LogP contribution >= 0.6 is 0 Å². The van der Waals surface area contributed by atoms with Gasteiger partial charge in [0.05, 0.1) is 11.0 Å². The Morgan fingerprint density at radius 2 is 1.68 bits per heavy atom. The molecule has 5 N–H and O–H groups in total. The minimum atomic E-state index is 0.538. The van der Waals surface area contributed by atoms with E-state index in [4.69, 9.17) is 21.3 Å². The van der Waals surface area contributed by atoms with E-state index in [1.807, 2.05) is 6.07 Å². The Kier molecular flexibility index (Phi) is 11.3. The molecule has 2 aromatic heterocycles. The van der Waals surface area contributed by atoms with E-state index in [2.05, 4.69) is 45.1 Å². The highest BCUT2D eigenvalue weighted by molar-refractivity contribution is 6.06. The fourth-order valence-corrected chi connectivity index (χ4v) is 6.93. The molecule has 0 radical (unpaired) electrons. The van der Waals surface area contributed by atoms with Gasteiger partial charge in [0, 0.05) is 38.0 Å². The molecule has 3 heterocycles. The lowest BCUT2D eigenvalue weighted by Gasteiger charge is -2.32. The van der Waals surface area contributed by atoms with Gasteiger partial charge in [-0.2, -0.15) is 5.06 Å². The Morgan fingerprint density at radius 3 is 2.46 bits per heavy atom. The zero-order valence-corrected chi connectivity index (χ0v) is 25.3. The molecule has 1 saturated carbocycles. The number of aromatic nitrogens is 3. The van der Waals surface area contributed by atoms with Gasteiger partial charge in [-0.25, -0.2) is 9.97 Å². The fourth-order valence-electron chi connectivity index (χ4n) is 6.93. The lowest BCUT2D eigenvalue weighted by atomic mass is 9.87. The van der Waals surface area contributed by atoms with E-state index in [-0.39, 0.29) is 0 Å². The lowest BCUT2D eigenvalue weighted by molar-refractivity contribution is -0.180. The van der Waals surface area contributed by atoms with Gasteiger partial charge in [-0.1, -0.05) is 57.2 Å². The van der Waals surface area contributed by atoms with E-state index < -0.39 is 0 Å². The third kappa shape index (κ3) is 7.98. The molecule has 2 fully saturated rings. The standard InChI is InChI=1S/C33H53N7O/c1-2-3-14-30-38-31-32(28-12-8-9-13-29(28)37-33(31)35)40(30)23-27-17-19-39(20-18-27)41-24-36-22-26-11-7-5-4-6-10-25(21-34)15-16-26/h8-9,12-13,25-27,36H,2-7,10-11,14-24,34H2,1H3,(H2,35,37). The number of imidazole rings is 1. The Hall–Kier alpha value is -2.26. The highest BCUT2D eigenvalue weighted by atomic mass is 16.7. The van der Waals surface area contributed by atoms with Gasteiger partial charge in [-0.15, -0.1) is 0 Å². The van der Waals surface area contributed by atoms with Crippen LogP contribution < -0.4 is 16.8 Å². The smallest absolute Gasteiger partial charge is 0.152 e. The molecule has 226 valence electrons. The van der Waals surface area contributed by atoms with Crippen molar-refractivity contribution in [3.05, 3.63) is 30.1 Å². The number of pyridine rings is 1. The van der Waals surface area contributed by atoms with Gasteiger partial charge in [0.2, 0.25) is 0 Å². The van der Waals surface area contributed by atoms with Crippen LogP contribution in [0.25, 0.3) is 21.9 Å². The number of nitrogen functional groups attached to an aromatic ring is 1. The summed E-state index contributed by atoms with van der Waals surface area (Å²) in [6.45, 7) is 7.64. The van der Waals surface area contributed by atoms with Crippen LogP contribution in [0.4, 0.5) is 5.82 Å². The maximum absolute atomic E-state index is 6.41. The second-order valence-electron chi connectivity index (χ2n) is 12.6. The number of unbranched alkanes of at least 4 members (excludes halogenated alkanes) is 1. The van der Waals surface area contributed by atoms with E-state index >= 15 is 0 Å². The summed E-state index contributed by atoms with van der Waals surface area (Å²) in [5, 5.41) is 6.93. The predicted molar refractivity (Wildman–Crippen MR) is 169 cm³/mol. The normalized spacial score (nSPS) is 22.0. The molecule has 0 amide bonds. The molecule has 1 aromatic carbocycles. The monoisotopic (exact) mass is 563 g/mol. The van der Waals surface area contributed by atoms with Gasteiger partial charge < -0.3 is 16.0 Å². The van der Waals surface area contributed by atoms with Crippen molar-refractivity contribution in [3.8, 4) is 0 Å². The van der Waals surface area contributed by atoms with Gasteiger partial charge in [0.25, 0.3) is 0 Å². The summed E-state index contributed by atoms with van der Waals surface area (Å²) in [6, 6.07) is 8.32. The Labute approximate surface area is 246 Å². The third-order valence-corrected chi connectivity index (χ3v) is 9.53. The number of anilines is 1. The highest BCUT2D eigenvalue weighted by Crippen LogP contribution is 2.31. The number of hydrogen-bond donors (Lipinski definition) is 3. The SMILES string of the molecule is CCCCc1nc2c(N)nc3ccccc3c2n1CC1CCN(OCNCC2CCCCCCC(CN)CC2)CC1. The van der Waals surface area contributed by atoms with Crippen molar-refractivity contribution >= 4 is 27.8 Å². The molecule has 1 aliphatic carbocycles. The van der Waals surface area contributed by atoms with E-state index in [0.717, 1.165) is 98.5 Å². The van der Waals surface area contributed by atoms with E-state index in [1.165, 1.54) is 51.4 Å². The first kappa shape index (κ1) is 30.2. The van der Waals surface area contributed by atoms with Gasteiger partial charge in [0.15, 0.2) is 5.82 Å². The molecular weight excluding hydrogens is 510 g/mol. The molecule has 1 aliphatic heterocycles. The first-order chi connectivity index (χ1) is 20.2. The number of para-hydroxylation sites is 1. The van der Waals surface area contributed by atoms with Crippen LogP contribution in [0.1, 0.15) is 89.8 Å². The average molecular weight is 564 g/mol. The maximum atomic E-state index is 6.41. The van der Waals surface area contributed by atoms with Gasteiger partial charge in [-0.05, 0) is 75.3 Å². The van der Waals surface area contributed by atoms with Crippen LogP contribution in [0, 0.1) is 17.8 Å². The molecular formula is C33H53N7O. The minimum absolute atomic E-state index is 0.538. The van der Waals surface area contributed by atoms with Crippen LogP contribution in [-0.4, -0.2) is 52.5 Å². The van der Waals surface area contributed by atoms with Gasteiger partial charge in [-0.3, -0.25) is 10.2 Å². The summed E-state index contributed by atoms with van der Waals surface area (Å²) in [6.07, 6.45) is 16.2. The van der Waals surface area contributed by atoms with Crippen molar-refractivity contribution in [2.24, 2.45) is 23.5 Å². The first-order valence-electron chi connectivity index (χ1n) is 16.5. The second kappa shape index (κ2) is 15.3. The number of nitrogens with one attached hydrogen (secondary N) is 1. The lowest BCUT2D eigenvalue weighted by Crippen LogP contribution is -2.38. The van der Waals surface area contributed by atoms with E-state index in [9.17, 15) is 0 Å². The van der Waals surface area contributed by atoms with Crippen LogP contribution in [0.5, 0.6) is 0 Å². The molecule has 8 nitrogen and oxygen atoms in total. The number of nitrogens with zero attached hydrogens (tertiary/aromatic N) is 4. The second-order valence-corrected chi connectivity index (χ2v) is 12.6. The van der Waals surface area contributed by atoms with Gasteiger partial charge in [0.1, 0.15) is 18.1 Å². The summed E-state index contributed by atoms with van der Waals surface area (Å²) < 4.78 is 2.46. The summed E-state index contributed by atoms with van der Waals surface area (Å²) in [5.41, 5.74) is 15.4. The maximum Gasteiger partial charge on any atom is 0.152 e. The number of fused-ring (bicyclic) bond motifs is 3. The average Bonchev–Trinajstić information content (AvgIpc) is 3.36. The molecule has 2 aliphatic rings. The number of benzene rings is 1. The minimum Gasteiger partial charge on any atom is -0.382 e. The first-order valence-corrected chi connectivity index (χ1v) is 16.5. The number of aryl methyl sites for hydroxylation is 1. The Bertz CT molecular complexity index is 1220. The van der Waals surface area contributed by atoms with Crippen LogP contribution in [-0.2, 0) is 17.8 Å². The summed E-state index contributed by atoms with van der Waals surface area (Å²) in [5.74, 6) is 3.73. The summed E-state index contributed by atoms with van der Waals surface area (Å²) in [4.78, 5) is 15.9.